The Bertz CT molecular complexity index is 1290. The molecule has 0 saturated carbocycles. The standard InChI is InChI=1S/C24H22Cl2N2O5S/c1-16-3-10-20(11-4-16)34(31,32)28(14-17-5-12-21(25)22(26)13-17)15-23(29)27-19-8-6-18(7-9-19)24(30)33-2/h3-13H,14-15H2,1-2H3,(H,27,29). The number of ether oxygens (including phenoxy) is 1. The molecule has 0 aliphatic carbocycles. The van der Waals surface area contributed by atoms with Gasteiger partial charge in [0.2, 0.25) is 15.9 Å². The molecule has 0 radical (unpaired) electrons. The zero-order valence-corrected chi connectivity index (χ0v) is 20.7. The number of carbonyl (C=O) groups excluding carboxylic acids is 2. The van der Waals surface area contributed by atoms with Crippen LogP contribution in [0, 0.1) is 6.92 Å². The van der Waals surface area contributed by atoms with Gasteiger partial charge in [-0.15, -0.1) is 0 Å². The van der Waals surface area contributed by atoms with Gasteiger partial charge in [0.1, 0.15) is 0 Å². The maximum absolute atomic E-state index is 13.4. The number of nitrogens with one attached hydrogen (secondary N) is 1. The Morgan fingerprint density at radius 3 is 2.18 bits per heavy atom. The highest BCUT2D eigenvalue weighted by atomic mass is 35.5. The fraction of sp³-hybridized carbons (Fsp3) is 0.167. The van der Waals surface area contributed by atoms with E-state index in [1.165, 1.54) is 43.5 Å². The molecule has 0 fully saturated rings. The molecule has 3 rings (SSSR count). The fourth-order valence-corrected chi connectivity index (χ4v) is 4.80. The van der Waals surface area contributed by atoms with Gasteiger partial charge in [-0.05, 0) is 61.0 Å². The zero-order valence-electron chi connectivity index (χ0n) is 18.4. The lowest BCUT2D eigenvalue weighted by atomic mass is 10.2. The molecule has 178 valence electrons. The van der Waals surface area contributed by atoms with E-state index < -0.39 is 28.4 Å². The third-order valence-electron chi connectivity index (χ3n) is 4.91. The first-order valence-electron chi connectivity index (χ1n) is 10.1. The fourth-order valence-electron chi connectivity index (χ4n) is 3.09. The predicted octanol–water partition coefficient (Wildman–Crippen LogP) is 4.92. The van der Waals surface area contributed by atoms with Crippen molar-refractivity contribution in [1.82, 2.24) is 4.31 Å². The highest BCUT2D eigenvalue weighted by molar-refractivity contribution is 7.89. The molecular formula is C24H22Cl2N2O5S. The lowest BCUT2D eigenvalue weighted by molar-refractivity contribution is -0.116. The number of carbonyl (C=O) groups is 2. The van der Waals surface area contributed by atoms with Gasteiger partial charge in [-0.3, -0.25) is 4.79 Å². The van der Waals surface area contributed by atoms with Crippen molar-refractivity contribution < 1.29 is 22.7 Å². The molecule has 1 N–H and O–H groups in total. The van der Waals surface area contributed by atoms with Crippen molar-refractivity contribution >= 4 is 50.8 Å². The third kappa shape index (κ3) is 6.36. The first kappa shape index (κ1) is 25.7. The van der Waals surface area contributed by atoms with E-state index in [0.29, 0.717) is 21.8 Å². The SMILES string of the molecule is COC(=O)c1ccc(NC(=O)CN(Cc2ccc(Cl)c(Cl)c2)S(=O)(=O)c2ccc(C)cc2)cc1. The van der Waals surface area contributed by atoms with Crippen molar-refractivity contribution in [3.8, 4) is 0 Å². The summed E-state index contributed by atoms with van der Waals surface area (Å²) in [5.41, 5.74) is 2.20. The molecular weight excluding hydrogens is 499 g/mol. The molecule has 0 aromatic heterocycles. The van der Waals surface area contributed by atoms with Crippen LogP contribution in [-0.4, -0.2) is 38.3 Å². The highest BCUT2D eigenvalue weighted by Gasteiger charge is 2.27. The summed E-state index contributed by atoms with van der Waals surface area (Å²) in [7, 11) is -2.74. The van der Waals surface area contributed by atoms with Crippen LogP contribution in [0.25, 0.3) is 0 Å². The van der Waals surface area contributed by atoms with Crippen molar-refractivity contribution in [2.75, 3.05) is 19.0 Å². The minimum Gasteiger partial charge on any atom is -0.465 e. The third-order valence-corrected chi connectivity index (χ3v) is 7.46. The van der Waals surface area contributed by atoms with E-state index in [1.807, 2.05) is 6.92 Å². The van der Waals surface area contributed by atoms with Crippen LogP contribution >= 0.6 is 23.2 Å². The largest absolute Gasteiger partial charge is 0.465 e. The Kier molecular flexibility index (Phi) is 8.33. The first-order chi connectivity index (χ1) is 16.1. The number of benzene rings is 3. The number of sulfonamides is 1. The van der Waals surface area contributed by atoms with Gasteiger partial charge in [0, 0.05) is 12.2 Å². The number of esters is 1. The maximum atomic E-state index is 13.4. The second-order valence-electron chi connectivity index (χ2n) is 7.45. The molecule has 0 atom stereocenters. The van der Waals surface area contributed by atoms with E-state index in [2.05, 4.69) is 10.1 Å². The second kappa shape index (κ2) is 11.0. The van der Waals surface area contributed by atoms with Crippen molar-refractivity contribution in [2.24, 2.45) is 0 Å². The molecule has 0 aliphatic rings. The quantitative estimate of drug-likeness (QED) is 0.425. The van der Waals surface area contributed by atoms with Gasteiger partial charge < -0.3 is 10.1 Å². The molecule has 10 heteroatoms. The Hall–Kier alpha value is -2.91. The lowest BCUT2D eigenvalue weighted by Crippen LogP contribution is -2.37. The molecule has 0 aliphatic heterocycles. The number of halogens is 2. The summed E-state index contributed by atoms with van der Waals surface area (Å²) < 4.78 is 32.5. The minimum atomic E-state index is -4.01. The summed E-state index contributed by atoms with van der Waals surface area (Å²) in [5, 5.41) is 3.27. The van der Waals surface area contributed by atoms with Crippen LogP contribution in [0.15, 0.2) is 71.6 Å². The van der Waals surface area contributed by atoms with Gasteiger partial charge in [0.25, 0.3) is 0 Å². The van der Waals surface area contributed by atoms with E-state index >= 15 is 0 Å². The molecule has 0 spiro atoms. The van der Waals surface area contributed by atoms with E-state index in [-0.39, 0.29) is 16.5 Å². The van der Waals surface area contributed by atoms with E-state index in [1.54, 1.807) is 30.3 Å². The molecule has 34 heavy (non-hydrogen) atoms. The van der Waals surface area contributed by atoms with E-state index in [4.69, 9.17) is 23.2 Å². The van der Waals surface area contributed by atoms with Crippen molar-refractivity contribution in [1.29, 1.82) is 0 Å². The van der Waals surface area contributed by atoms with Gasteiger partial charge >= 0.3 is 5.97 Å². The number of methoxy groups -OCH3 is 1. The van der Waals surface area contributed by atoms with Crippen LogP contribution in [0.1, 0.15) is 21.5 Å². The Morgan fingerprint density at radius 1 is 0.941 bits per heavy atom. The second-order valence-corrected chi connectivity index (χ2v) is 10.2. The predicted molar refractivity (Wildman–Crippen MR) is 132 cm³/mol. The topological polar surface area (TPSA) is 92.8 Å². The van der Waals surface area contributed by atoms with Crippen LogP contribution in [0.4, 0.5) is 5.69 Å². The van der Waals surface area contributed by atoms with Gasteiger partial charge in [0.15, 0.2) is 0 Å². The summed E-state index contributed by atoms with van der Waals surface area (Å²) >= 11 is 12.1. The van der Waals surface area contributed by atoms with Gasteiger partial charge in [-0.25, -0.2) is 13.2 Å². The highest BCUT2D eigenvalue weighted by Crippen LogP contribution is 2.25. The van der Waals surface area contributed by atoms with Crippen LogP contribution in [0.5, 0.6) is 0 Å². The number of hydrogen-bond acceptors (Lipinski definition) is 5. The molecule has 0 heterocycles. The molecule has 0 unspecified atom stereocenters. The molecule has 1 amide bonds. The van der Waals surface area contributed by atoms with Crippen LogP contribution in [0.2, 0.25) is 10.0 Å². The van der Waals surface area contributed by atoms with Crippen LogP contribution in [0.3, 0.4) is 0 Å². The summed E-state index contributed by atoms with van der Waals surface area (Å²) in [6.07, 6.45) is 0. The van der Waals surface area contributed by atoms with Crippen LogP contribution in [-0.2, 0) is 26.1 Å². The number of anilines is 1. The normalized spacial score (nSPS) is 11.3. The Morgan fingerprint density at radius 2 is 1.59 bits per heavy atom. The first-order valence-corrected chi connectivity index (χ1v) is 12.3. The smallest absolute Gasteiger partial charge is 0.337 e. The van der Waals surface area contributed by atoms with Crippen LogP contribution < -0.4 is 5.32 Å². The zero-order chi connectivity index (χ0) is 24.9. The number of aryl methyl sites for hydroxylation is 1. The summed E-state index contributed by atoms with van der Waals surface area (Å²) in [6, 6.07) is 17.2. The summed E-state index contributed by atoms with van der Waals surface area (Å²) in [4.78, 5) is 24.4. The van der Waals surface area contributed by atoms with Gasteiger partial charge in [-0.1, -0.05) is 47.0 Å². The molecule has 3 aromatic carbocycles. The van der Waals surface area contributed by atoms with E-state index in [9.17, 15) is 18.0 Å². The van der Waals surface area contributed by atoms with Crippen molar-refractivity contribution in [3.63, 3.8) is 0 Å². The van der Waals surface area contributed by atoms with E-state index in [0.717, 1.165) is 9.87 Å². The molecule has 0 bridgehead atoms. The lowest BCUT2D eigenvalue weighted by Gasteiger charge is -2.22. The average Bonchev–Trinajstić information content (AvgIpc) is 2.81. The minimum absolute atomic E-state index is 0.0633. The molecule has 0 saturated heterocycles. The molecule has 7 nitrogen and oxygen atoms in total. The van der Waals surface area contributed by atoms with Crippen molar-refractivity contribution in [2.45, 2.75) is 18.4 Å². The molecule has 3 aromatic rings. The Labute approximate surface area is 208 Å². The number of rotatable bonds is 8. The summed E-state index contributed by atoms with van der Waals surface area (Å²) in [5.74, 6) is -1.06. The number of hydrogen-bond donors (Lipinski definition) is 1. The maximum Gasteiger partial charge on any atom is 0.337 e. The number of amides is 1. The monoisotopic (exact) mass is 520 g/mol. The average molecular weight is 521 g/mol. The summed E-state index contributed by atoms with van der Waals surface area (Å²) in [6.45, 7) is 1.31. The van der Waals surface area contributed by atoms with Gasteiger partial charge in [0.05, 0.1) is 34.2 Å². The van der Waals surface area contributed by atoms with Crippen molar-refractivity contribution in [3.05, 3.63) is 93.5 Å². The number of nitrogens with zero attached hydrogens (tertiary/aromatic N) is 1. The Balaban J connectivity index is 1.85. The van der Waals surface area contributed by atoms with Gasteiger partial charge in [-0.2, -0.15) is 4.31 Å².